The molecular weight excluding hydrogens is 321 g/mol. The molecule has 1 saturated heterocycles. The molecule has 1 aromatic rings. The summed E-state index contributed by atoms with van der Waals surface area (Å²) in [6, 6.07) is 3.36. The molecule has 0 radical (unpaired) electrons. The molecule has 23 heavy (non-hydrogen) atoms. The highest BCUT2D eigenvalue weighted by molar-refractivity contribution is 7.89. The lowest BCUT2D eigenvalue weighted by Crippen LogP contribution is -2.50. The van der Waals surface area contributed by atoms with Crippen LogP contribution in [0.2, 0.25) is 0 Å². The van der Waals surface area contributed by atoms with E-state index in [0.717, 1.165) is 6.07 Å². The van der Waals surface area contributed by atoms with Crippen molar-refractivity contribution in [3.05, 3.63) is 29.6 Å². The van der Waals surface area contributed by atoms with Crippen molar-refractivity contribution in [2.45, 2.75) is 43.2 Å². The molecular formula is C16H22FNO4S. The predicted octanol–water partition coefficient (Wildman–Crippen LogP) is 2.00. The van der Waals surface area contributed by atoms with Crippen molar-refractivity contribution >= 4 is 10.0 Å². The van der Waals surface area contributed by atoms with E-state index in [1.54, 1.807) is 6.92 Å². The lowest BCUT2D eigenvalue weighted by atomic mass is 10.1. The third-order valence-electron chi connectivity index (χ3n) is 4.28. The zero-order valence-electron chi connectivity index (χ0n) is 13.1. The van der Waals surface area contributed by atoms with E-state index in [2.05, 4.69) is 4.72 Å². The molecule has 1 saturated carbocycles. The van der Waals surface area contributed by atoms with Crippen LogP contribution in [0.4, 0.5) is 4.39 Å². The van der Waals surface area contributed by atoms with E-state index in [9.17, 15) is 12.8 Å². The van der Waals surface area contributed by atoms with Crippen molar-refractivity contribution in [3.8, 4) is 0 Å². The Hall–Kier alpha value is -1.02. The first-order chi connectivity index (χ1) is 11.0. The first-order valence-corrected chi connectivity index (χ1v) is 9.42. The molecule has 0 spiro atoms. The van der Waals surface area contributed by atoms with Crippen LogP contribution >= 0.6 is 0 Å². The molecule has 0 unspecified atom stereocenters. The minimum Gasteiger partial charge on any atom is -0.379 e. The number of aryl methyl sites for hydroxylation is 1. The van der Waals surface area contributed by atoms with Gasteiger partial charge in [-0.1, -0.05) is 0 Å². The summed E-state index contributed by atoms with van der Waals surface area (Å²) in [6.45, 7) is 3.13. The highest BCUT2D eigenvalue weighted by Gasteiger charge is 2.33. The molecule has 2 fully saturated rings. The van der Waals surface area contributed by atoms with Gasteiger partial charge in [-0.25, -0.2) is 17.5 Å². The van der Waals surface area contributed by atoms with Crippen LogP contribution in [0.5, 0.6) is 0 Å². The molecule has 128 valence electrons. The van der Waals surface area contributed by atoms with Crippen molar-refractivity contribution < 1.29 is 22.3 Å². The van der Waals surface area contributed by atoms with E-state index >= 15 is 0 Å². The average Bonchev–Trinajstić information content (AvgIpc) is 3.29. The summed E-state index contributed by atoms with van der Waals surface area (Å²) in [7, 11) is -3.72. The molecule has 1 aliphatic carbocycles. The first kappa shape index (κ1) is 16.8. The van der Waals surface area contributed by atoms with Crippen molar-refractivity contribution in [3.63, 3.8) is 0 Å². The van der Waals surface area contributed by atoms with Crippen LogP contribution in [0, 0.1) is 18.7 Å². The van der Waals surface area contributed by atoms with Crippen LogP contribution in [0.15, 0.2) is 23.1 Å². The second kappa shape index (κ2) is 6.84. The Morgan fingerprint density at radius 1 is 1.35 bits per heavy atom. The first-order valence-electron chi connectivity index (χ1n) is 7.93. The molecule has 5 nitrogen and oxygen atoms in total. The van der Waals surface area contributed by atoms with Crippen LogP contribution in [0.1, 0.15) is 24.8 Å². The zero-order chi connectivity index (χ0) is 16.4. The van der Waals surface area contributed by atoms with Crippen LogP contribution in [-0.2, 0) is 19.5 Å². The van der Waals surface area contributed by atoms with Gasteiger partial charge in [-0.15, -0.1) is 0 Å². The van der Waals surface area contributed by atoms with Gasteiger partial charge in [-0.05, 0) is 55.9 Å². The Kier molecular flexibility index (Phi) is 5.01. The maximum Gasteiger partial charge on any atom is 0.241 e. The lowest BCUT2D eigenvalue weighted by molar-refractivity contribution is -0.0672. The Balaban J connectivity index is 1.71. The maximum absolute atomic E-state index is 13.2. The third-order valence-corrected chi connectivity index (χ3v) is 5.93. The van der Waals surface area contributed by atoms with Gasteiger partial charge in [0.25, 0.3) is 0 Å². The molecule has 1 aliphatic heterocycles. The van der Waals surface area contributed by atoms with Gasteiger partial charge in [0.1, 0.15) is 5.82 Å². The molecule has 0 aromatic heterocycles. The smallest absolute Gasteiger partial charge is 0.241 e. The van der Waals surface area contributed by atoms with Crippen molar-refractivity contribution in [2.75, 3.05) is 19.8 Å². The summed E-state index contributed by atoms with van der Waals surface area (Å²) in [5, 5.41) is 0. The van der Waals surface area contributed by atoms with E-state index < -0.39 is 15.8 Å². The molecule has 1 N–H and O–H groups in total. The summed E-state index contributed by atoms with van der Waals surface area (Å²) in [6.07, 6.45) is 2.65. The summed E-state index contributed by atoms with van der Waals surface area (Å²) in [5.41, 5.74) is 0.389. The fourth-order valence-corrected chi connectivity index (χ4v) is 4.26. The number of nitrogens with one attached hydrogen (secondary N) is 1. The van der Waals surface area contributed by atoms with Gasteiger partial charge in [-0.3, -0.25) is 0 Å². The van der Waals surface area contributed by atoms with E-state index in [1.807, 2.05) is 0 Å². The van der Waals surface area contributed by atoms with Crippen molar-refractivity contribution in [1.82, 2.24) is 4.72 Å². The molecule has 3 rings (SSSR count). The van der Waals surface area contributed by atoms with Gasteiger partial charge in [-0.2, -0.15) is 0 Å². The van der Waals surface area contributed by atoms with Gasteiger partial charge in [0.15, 0.2) is 0 Å². The number of ether oxygens (including phenoxy) is 2. The van der Waals surface area contributed by atoms with Gasteiger partial charge >= 0.3 is 0 Å². The largest absolute Gasteiger partial charge is 0.379 e. The van der Waals surface area contributed by atoms with Crippen LogP contribution in [0.25, 0.3) is 0 Å². The van der Waals surface area contributed by atoms with Gasteiger partial charge in [0.2, 0.25) is 10.0 Å². The second-order valence-electron chi connectivity index (χ2n) is 6.32. The Labute approximate surface area is 136 Å². The van der Waals surface area contributed by atoms with E-state index in [-0.39, 0.29) is 17.0 Å². The average molecular weight is 343 g/mol. The van der Waals surface area contributed by atoms with Gasteiger partial charge in [0.05, 0.1) is 23.6 Å². The topological polar surface area (TPSA) is 64.6 Å². The standard InChI is InChI=1S/C16H22FNO4S/c1-11-8-13(17)4-5-16(11)23(19,20)18-14-6-7-21-10-15(14)22-9-12-2-3-12/h4-5,8,12,14-15,18H,2-3,6-7,9-10H2,1H3/t14-,15-/m1/s1. The Morgan fingerprint density at radius 2 is 2.13 bits per heavy atom. The lowest BCUT2D eigenvalue weighted by Gasteiger charge is -2.32. The Morgan fingerprint density at radius 3 is 2.83 bits per heavy atom. The number of rotatable bonds is 6. The van der Waals surface area contributed by atoms with Gasteiger partial charge < -0.3 is 9.47 Å². The highest BCUT2D eigenvalue weighted by Crippen LogP contribution is 2.30. The molecule has 7 heteroatoms. The van der Waals surface area contributed by atoms with Crippen molar-refractivity contribution in [2.24, 2.45) is 5.92 Å². The minimum absolute atomic E-state index is 0.103. The molecule has 1 aromatic carbocycles. The normalized spacial score (nSPS) is 25.5. The summed E-state index contributed by atoms with van der Waals surface area (Å²) in [5.74, 6) is 0.159. The zero-order valence-corrected chi connectivity index (χ0v) is 13.9. The summed E-state index contributed by atoms with van der Waals surface area (Å²) < 4.78 is 52.3. The number of halogens is 1. The number of hydrogen-bond acceptors (Lipinski definition) is 4. The van der Waals surface area contributed by atoms with E-state index in [0.29, 0.717) is 37.7 Å². The predicted molar refractivity (Wildman–Crippen MR) is 83.1 cm³/mol. The SMILES string of the molecule is Cc1cc(F)ccc1S(=O)(=O)N[C@@H]1CCOC[C@H]1OCC1CC1. The van der Waals surface area contributed by atoms with Crippen LogP contribution in [0.3, 0.4) is 0 Å². The fourth-order valence-electron chi connectivity index (χ4n) is 2.73. The maximum atomic E-state index is 13.2. The Bertz CT molecular complexity index is 660. The van der Waals surface area contributed by atoms with E-state index in [1.165, 1.54) is 25.0 Å². The summed E-state index contributed by atoms with van der Waals surface area (Å²) in [4.78, 5) is 0.103. The fraction of sp³-hybridized carbons (Fsp3) is 0.625. The quantitative estimate of drug-likeness (QED) is 0.858. The number of sulfonamides is 1. The van der Waals surface area contributed by atoms with Crippen LogP contribution in [-0.4, -0.2) is 40.4 Å². The van der Waals surface area contributed by atoms with Crippen molar-refractivity contribution in [1.29, 1.82) is 0 Å². The monoisotopic (exact) mass is 343 g/mol. The molecule has 1 heterocycles. The minimum atomic E-state index is -3.72. The molecule has 2 aliphatic rings. The number of hydrogen-bond donors (Lipinski definition) is 1. The third kappa shape index (κ3) is 4.29. The van der Waals surface area contributed by atoms with Gasteiger partial charge in [0, 0.05) is 13.2 Å². The summed E-state index contributed by atoms with van der Waals surface area (Å²) >= 11 is 0. The number of benzene rings is 1. The molecule has 0 amide bonds. The molecule has 0 bridgehead atoms. The van der Waals surface area contributed by atoms with E-state index in [4.69, 9.17) is 9.47 Å². The highest BCUT2D eigenvalue weighted by atomic mass is 32.2. The second-order valence-corrected chi connectivity index (χ2v) is 8.00. The molecule has 2 atom stereocenters. The van der Waals surface area contributed by atoms with Crippen LogP contribution < -0.4 is 4.72 Å².